The largest absolute Gasteiger partial charge is 0.506 e. The molecule has 6 heteroatoms. The molecule has 0 spiro atoms. The van der Waals surface area contributed by atoms with E-state index in [1.807, 2.05) is 0 Å². The molecule has 0 aromatic heterocycles. The topological polar surface area (TPSA) is 92.4 Å². The molecule has 1 aromatic rings. The van der Waals surface area contributed by atoms with Crippen LogP contribution >= 0.6 is 0 Å². The van der Waals surface area contributed by atoms with Crippen LogP contribution in [0.3, 0.4) is 0 Å². The molecule has 0 radical (unpaired) electrons. The second-order valence-corrected chi connectivity index (χ2v) is 7.33. The van der Waals surface area contributed by atoms with E-state index in [1.54, 1.807) is 0 Å². The van der Waals surface area contributed by atoms with Gasteiger partial charge in [0.05, 0.1) is 10.6 Å². The van der Waals surface area contributed by atoms with Crippen LogP contribution < -0.4 is 10.5 Å². The highest BCUT2D eigenvalue weighted by molar-refractivity contribution is 7.89. The Morgan fingerprint density at radius 1 is 1.42 bits per heavy atom. The highest BCUT2D eigenvalue weighted by Gasteiger charge is 2.45. The maximum absolute atomic E-state index is 12.1. The number of nitrogens with one attached hydrogen (secondary N) is 1. The van der Waals surface area contributed by atoms with Crippen LogP contribution in [0.5, 0.6) is 5.75 Å². The van der Waals surface area contributed by atoms with Gasteiger partial charge in [-0.2, -0.15) is 0 Å². The summed E-state index contributed by atoms with van der Waals surface area (Å²) >= 11 is 0. The highest BCUT2D eigenvalue weighted by atomic mass is 32.2. The van der Waals surface area contributed by atoms with Crippen LogP contribution in [0.2, 0.25) is 0 Å². The number of phenolic OH excluding ortho intramolecular Hbond substituents is 1. The van der Waals surface area contributed by atoms with Crippen molar-refractivity contribution >= 4 is 15.7 Å². The van der Waals surface area contributed by atoms with Gasteiger partial charge in [0.1, 0.15) is 5.75 Å². The zero-order valence-corrected chi connectivity index (χ0v) is 12.0. The minimum Gasteiger partial charge on any atom is -0.506 e. The smallest absolute Gasteiger partial charge is 0.240 e. The van der Waals surface area contributed by atoms with Crippen LogP contribution in [-0.2, 0) is 10.0 Å². The average molecular weight is 284 g/mol. The summed E-state index contributed by atoms with van der Waals surface area (Å²) in [6.45, 7) is 4.67. The fourth-order valence-corrected chi connectivity index (χ4v) is 3.31. The van der Waals surface area contributed by atoms with Crippen molar-refractivity contribution in [1.82, 2.24) is 4.72 Å². The van der Waals surface area contributed by atoms with Gasteiger partial charge in [-0.1, -0.05) is 13.8 Å². The lowest BCUT2D eigenvalue weighted by atomic mass is 9.93. The molecule has 2 rings (SSSR count). The van der Waals surface area contributed by atoms with E-state index < -0.39 is 10.0 Å². The second-order valence-electron chi connectivity index (χ2n) is 5.56. The van der Waals surface area contributed by atoms with Gasteiger partial charge < -0.3 is 10.8 Å². The Morgan fingerprint density at radius 2 is 2.05 bits per heavy atom. The third-order valence-electron chi connectivity index (χ3n) is 4.04. The molecule has 0 amide bonds. The standard InChI is InChI=1S/C13H20N2O3S/c1-9(2)13(5-6-13)8-15-19(17,18)10-3-4-12(16)11(14)7-10/h3-4,7,9,15-16H,5-6,8,14H2,1-2H3. The monoisotopic (exact) mass is 284 g/mol. The molecule has 106 valence electrons. The van der Waals surface area contributed by atoms with Gasteiger partial charge >= 0.3 is 0 Å². The number of phenols is 1. The number of hydrogen-bond donors (Lipinski definition) is 3. The minimum atomic E-state index is -3.57. The predicted octanol–water partition coefficient (Wildman–Crippen LogP) is 1.69. The van der Waals surface area contributed by atoms with Gasteiger partial charge in [0.15, 0.2) is 0 Å². The Morgan fingerprint density at radius 3 is 2.53 bits per heavy atom. The van der Waals surface area contributed by atoms with Crippen molar-refractivity contribution in [2.75, 3.05) is 12.3 Å². The van der Waals surface area contributed by atoms with Crippen LogP contribution in [0.25, 0.3) is 0 Å². The normalized spacial score (nSPS) is 17.6. The van der Waals surface area contributed by atoms with Crippen LogP contribution in [0.1, 0.15) is 26.7 Å². The lowest BCUT2D eigenvalue weighted by Crippen LogP contribution is -2.32. The summed E-state index contributed by atoms with van der Waals surface area (Å²) in [6, 6.07) is 3.91. The molecule has 0 aliphatic heterocycles. The van der Waals surface area contributed by atoms with Crippen molar-refractivity contribution in [1.29, 1.82) is 0 Å². The summed E-state index contributed by atoms with van der Waals surface area (Å²) in [5.41, 5.74) is 5.69. The molecule has 0 saturated heterocycles. The van der Waals surface area contributed by atoms with Crippen LogP contribution in [0.15, 0.2) is 23.1 Å². The molecule has 19 heavy (non-hydrogen) atoms. The Bertz CT molecular complexity index is 578. The summed E-state index contributed by atoms with van der Waals surface area (Å²) in [5, 5.41) is 9.31. The molecule has 0 atom stereocenters. The Balaban J connectivity index is 2.12. The zero-order valence-electron chi connectivity index (χ0n) is 11.2. The maximum Gasteiger partial charge on any atom is 0.240 e. The summed E-state index contributed by atoms with van der Waals surface area (Å²) < 4.78 is 26.9. The fraction of sp³-hybridized carbons (Fsp3) is 0.538. The zero-order chi connectivity index (χ0) is 14.3. The first kappa shape index (κ1) is 14.1. The quantitative estimate of drug-likeness (QED) is 0.566. The molecule has 4 N–H and O–H groups in total. The van der Waals surface area contributed by atoms with E-state index in [9.17, 15) is 13.5 Å². The number of rotatable bonds is 5. The Kier molecular flexibility index (Phi) is 3.49. The molecular formula is C13H20N2O3S. The first-order chi connectivity index (χ1) is 8.77. The number of sulfonamides is 1. The van der Waals surface area contributed by atoms with E-state index in [4.69, 9.17) is 5.73 Å². The number of hydrogen-bond acceptors (Lipinski definition) is 4. The molecule has 1 aliphatic carbocycles. The summed E-state index contributed by atoms with van der Waals surface area (Å²) in [4.78, 5) is 0.0855. The Labute approximate surface area is 113 Å². The lowest BCUT2D eigenvalue weighted by molar-refractivity contribution is 0.357. The van der Waals surface area contributed by atoms with Crippen molar-refractivity contribution in [3.8, 4) is 5.75 Å². The molecular weight excluding hydrogens is 264 g/mol. The first-order valence-electron chi connectivity index (χ1n) is 6.35. The number of aromatic hydroxyl groups is 1. The van der Waals surface area contributed by atoms with Gasteiger partial charge in [0, 0.05) is 6.54 Å². The van der Waals surface area contributed by atoms with Crippen molar-refractivity contribution in [3.05, 3.63) is 18.2 Å². The molecule has 0 unspecified atom stereocenters. The van der Waals surface area contributed by atoms with E-state index in [-0.39, 0.29) is 21.7 Å². The van der Waals surface area contributed by atoms with E-state index in [0.717, 1.165) is 12.8 Å². The molecule has 1 saturated carbocycles. The summed E-state index contributed by atoms with van der Waals surface area (Å²) in [7, 11) is -3.57. The number of benzene rings is 1. The van der Waals surface area contributed by atoms with Crippen molar-refractivity contribution < 1.29 is 13.5 Å². The van der Waals surface area contributed by atoms with Gasteiger partial charge in [-0.3, -0.25) is 0 Å². The van der Waals surface area contributed by atoms with Gasteiger partial charge in [0.25, 0.3) is 0 Å². The van der Waals surface area contributed by atoms with Crippen LogP contribution in [0.4, 0.5) is 5.69 Å². The van der Waals surface area contributed by atoms with E-state index >= 15 is 0 Å². The van der Waals surface area contributed by atoms with E-state index in [1.165, 1.54) is 18.2 Å². The fourth-order valence-electron chi connectivity index (χ4n) is 2.14. The van der Waals surface area contributed by atoms with Crippen molar-refractivity contribution in [2.45, 2.75) is 31.6 Å². The van der Waals surface area contributed by atoms with E-state index in [2.05, 4.69) is 18.6 Å². The Hall–Kier alpha value is -1.27. The number of nitrogens with two attached hydrogens (primary N) is 1. The third kappa shape index (κ3) is 2.84. The average Bonchev–Trinajstić information content (AvgIpc) is 3.11. The SMILES string of the molecule is CC(C)C1(CNS(=O)(=O)c2ccc(O)c(N)c2)CC1. The molecule has 5 nitrogen and oxygen atoms in total. The van der Waals surface area contributed by atoms with Gasteiger partial charge in [0.2, 0.25) is 10.0 Å². The predicted molar refractivity (Wildman–Crippen MR) is 74.2 cm³/mol. The summed E-state index contributed by atoms with van der Waals surface area (Å²) in [5.74, 6) is 0.347. The first-order valence-corrected chi connectivity index (χ1v) is 7.83. The van der Waals surface area contributed by atoms with Crippen LogP contribution in [0, 0.1) is 11.3 Å². The van der Waals surface area contributed by atoms with Gasteiger partial charge in [-0.15, -0.1) is 0 Å². The van der Waals surface area contributed by atoms with Gasteiger partial charge in [-0.05, 0) is 42.4 Å². The number of nitrogen functional groups attached to an aromatic ring is 1. The molecule has 1 aliphatic rings. The molecule has 1 fully saturated rings. The van der Waals surface area contributed by atoms with Crippen molar-refractivity contribution in [3.63, 3.8) is 0 Å². The highest BCUT2D eigenvalue weighted by Crippen LogP contribution is 2.51. The van der Waals surface area contributed by atoms with Crippen molar-refractivity contribution in [2.24, 2.45) is 11.3 Å². The number of anilines is 1. The molecule has 1 aromatic carbocycles. The molecule has 0 heterocycles. The van der Waals surface area contributed by atoms with Crippen LogP contribution in [-0.4, -0.2) is 20.1 Å². The summed E-state index contributed by atoms with van der Waals surface area (Å²) in [6.07, 6.45) is 2.12. The maximum atomic E-state index is 12.1. The third-order valence-corrected chi connectivity index (χ3v) is 5.44. The second kappa shape index (κ2) is 4.68. The minimum absolute atomic E-state index is 0.0628. The molecule has 0 bridgehead atoms. The van der Waals surface area contributed by atoms with Gasteiger partial charge in [-0.25, -0.2) is 13.1 Å². The van der Waals surface area contributed by atoms with E-state index in [0.29, 0.717) is 12.5 Å². The lowest BCUT2D eigenvalue weighted by Gasteiger charge is -2.20.